The number of nitrogens with one attached hydrogen (secondary N) is 1. The van der Waals surface area contributed by atoms with Crippen molar-refractivity contribution in [1.29, 1.82) is 0 Å². The molecule has 0 unspecified atom stereocenters. The fraction of sp³-hybridized carbons (Fsp3) is 0.0588. The quantitative estimate of drug-likeness (QED) is 0.607. The lowest BCUT2D eigenvalue weighted by Crippen LogP contribution is -2.58. The maximum atomic E-state index is 12.6. The minimum absolute atomic E-state index is 0.364. The van der Waals surface area contributed by atoms with Gasteiger partial charge in [-0.25, -0.2) is 9.69 Å². The Kier molecular flexibility index (Phi) is 4.96. The summed E-state index contributed by atoms with van der Waals surface area (Å²) >= 11 is 9.09. The standard InChI is InChI=1S/C17H11BrClN3O3/c18-10-1-7-13(8-2-10)22-16(24)14(15(23)21-17(22)25)9-20-12-5-3-11(19)4-6-12/h1-9,14H,(H,21,23,25)/t14-/m0/s1. The first-order valence-corrected chi connectivity index (χ1v) is 8.37. The third-order valence-corrected chi connectivity index (χ3v) is 4.27. The second-order valence-corrected chi connectivity index (χ2v) is 6.53. The minimum atomic E-state index is -1.20. The summed E-state index contributed by atoms with van der Waals surface area (Å²) in [6.07, 6.45) is 1.22. The van der Waals surface area contributed by atoms with E-state index in [0.717, 1.165) is 9.37 Å². The maximum Gasteiger partial charge on any atom is 0.335 e. The predicted octanol–water partition coefficient (Wildman–Crippen LogP) is 3.70. The molecule has 1 saturated heterocycles. The molecular weight excluding hydrogens is 410 g/mol. The molecule has 0 spiro atoms. The lowest BCUT2D eigenvalue weighted by molar-refractivity contribution is -0.131. The van der Waals surface area contributed by atoms with Crippen LogP contribution in [0.2, 0.25) is 5.02 Å². The van der Waals surface area contributed by atoms with E-state index in [1.165, 1.54) is 6.21 Å². The number of nitrogens with zero attached hydrogens (tertiary/aromatic N) is 2. The first kappa shape index (κ1) is 17.3. The van der Waals surface area contributed by atoms with Gasteiger partial charge in [0.25, 0.3) is 5.91 Å². The molecule has 126 valence electrons. The average Bonchev–Trinajstić information content (AvgIpc) is 2.57. The van der Waals surface area contributed by atoms with Crippen molar-refractivity contribution >= 4 is 63.0 Å². The minimum Gasteiger partial charge on any atom is -0.276 e. The van der Waals surface area contributed by atoms with Gasteiger partial charge in [-0.3, -0.25) is 19.9 Å². The Balaban J connectivity index is 1.87. The van der Waals surface area contributed by atoms with Crippen LogP contribution in [0, 0.1) is 5.92 Å². The van der Waals surface area contributed by atoms with Crippen LogP contribution in [0.1, 0.15) is 0 Å². The Morgan fingerprint density at radius 1 is 1.04 bits per heavy atom. The van der Waals surface area contributed by atoms with Crippen LogP contribution in [0.4, 0.5) is 16.2 Å². The lowest BCUT2D eigenvalue weighted by Gasteiger charge is -2.28. The van der Waals surface area contributed by atoms with Crippen LogP contribution < -0.4 is 10.2 Å². The zero-order chi connectivity index (χ0) is 18.0. The van der Waals surface area contributed by atoms with Crippen molar-refractivity contribution < 1.29 is 14.4 Å². The molecule has 2 aromatic rings. The van der Waals surface area contributed by atoms with Gasteiger partial charge in [-0.15, -0.1) is 0 Å². The second-order valence-electron chi connectivity index (χ2n) is 5.18. The molecule has 4 amide bonds. The van der Waals surface area contributed by atoms with Gasteiger partial charge < -0.3 is 0 Å². The number of carbonyl (C=O) groups excluding carboxylic acids is 3. The van der Waals surface area contributed by atoms with Crippen molar-refractivity contribution in [2.24, 2.45) is 10.9 Å². The van der Waals surface area contributed by atoms with Gasteiger partial charge >= 0.3 is 6.03 Å². The fourth-order valence-electron chi connectivity index (χ4n) is 2.24. The Morgan fingerprint density at radius 2 is 1.68 bits per heavy atom. The molecule has 1 aliphatic heterocycles. The molecule has 0 radical (unpaired) electrons. The number of carbonyl (C=O) groups is 3. The van der Waals surface area contributed by atoms with Crippen LogP contribution in [-0.4, -0.2) is 24.1 Å². The Labute approximate surface area is 156 Å². The Bertz CT molecular complexity index is 866. The molecule has 1 N–H and O–H groups in total. The van der Waals surface area contributed by atoms with Crippen LogP contribution in [0.25, 0.3) is 0 Å². The molecule has 2 aromatic carbocycles. The maximum absolute atomic E-state index is 12.6. The number of rotatable bonds is 3. The average molecular weight is 421 g/mol. The number of anilines is 1. The van der Waals surface area contributed by atoms with Gasteiger partial charge in [0.15, 0.2) is 5.92 Å². The van der Waals surface area contributed by atoms with Gasteiger partial charge in [0.05, 0.1) is 11.4 Å². The van der Waals surface area contributed by atoms with E-state index < -0.39 is 23.8 Å². The topological polar surface area (TPSA) is 78.8 Å². The number of imide groups is 2. The molecule has 1 aliphatic rings. The van der Waals surface area contributed by atoms with Crippen LogP contribution in [0.15, 0.2) is 58.0 Å². The van der Waals surface area contributed by atoms with Crippen molar-refractivity contribution in [2.75, 3.05) is 4.90 Å². The normalized spacial score (nSPS) is 17.9. The van der Waals surface area contributed by atoms with Gasteiger partial charge in [0.1, 0.15) is 0 Å². The summed E-state index contributed by atoms with van der Waals surface area (Å²) < 4.78 is 0.804. The third-order valence-electron chi connectivity index (χ3n) is 3.49. The molecular formula is C17H11BrClN3O3. The predicted molar refractivity (Wildman–Crippen MR) is 98.3 cm³/mol. The number of hydrogen-bond acceptors (Lipinski definition) is 4. The highest BCUT2D eigenvalue weighted by molar-refractivity contribution is 9.10. The summed E-state index contributed by atoms with van der Waals surface area (Å²) in [5.41, 5.74) is 0.903. The van der Waals surface area contributed by atoms with Gasteiger partial charge in [-0.1, -0.05) is 27.5 Å². The molecule has 1 atom stereocenters. The Hall–Kier alpha value is -2.51. The molecule has 1 fully saturated rings. The molecule has 1 heterocycles. The molecule has 6 nitrogen and oxygen atoms in total. The molecule has 0 bridgehead atoms. The van der Waals surface area contributed by atoms with Gasteiger partial charge in [0, 0.05) is 15.7 Å². The zero-order valence-electron chi connectivity index (χ0n) is 12.6. The van der Waals surface area contributed by atoms with Gasteiger partial charge in [0.2, 0.25) is 5.91 Å². The number of benzene rings is 2. The second kappa shape index (κ2) is 7.16. The summed E-state index contributed by atoms with van der Waals surface area (Å²) in [4.78, 5) is 41.8. The number of amides is 4. The zero-order valence-corrected chi connectivity index (χ0v) is 15.0. The molecule has 0 aromatic heterocycles. The van der Waals surface area contributed by atoms with E-state index in [4.69, 9.17) is 11.6 Å². The summed E-state index contributed by atoms with van der Waals surface area (Å²) in [6, 6.07) is 12.4. The van der Waals surface area contributed by atoms with E-state index in [9.17, 15) is 14.4 Å². The van der Waals surface area contributed by atoms with Gasteiger partial charge in [-0.2, -0.15) is 0 Å². The number of barbiturate groups is 1. The Morgan fingerprint density at radius 3 is 2.32 bits per heavy atom. The van der Waals surface area contributed by atoms with Crippen molar-refractivity contribution in [2.45, 2.75) is 0 Å². The van der Waals surface area contributed by atoms with Crippen LogP contribution in [-0.2, 0) is 9.59 Å². The summed E-state index contributed by atoms with van der Waals surface area (Å²) in [5, 5.41) is 2.72. The number of aliphatic imine (C=N–C) groups is 1. The van der Waals surface area contributed by atoms with E-state index in [2.05, 4.69) is 26.2 Å². The van der Waals surface area contributed by atoms with E-state index in [-0.39, 0.29) is 0 Å². The highest BCUT2D eigenvalue weighted by Gasteiger charge is 2.40. The molecule has 3 rings (SSSR count). The molecule has 25 heavy (non-hydrogen) atoms. The summed E-state index contributed by atoms with van der Waals surface area (Å²) in [7, 11) is 0. The molecule has 0 aliphatic carbocycles. The summed E-state index contributed by atoms with van der Waals surface area (Å²) in [6.45, 7) is 0. The third kappa shape index (κ3) is 3.78. The van der Waals surface area contributed by atoms with E-state index in [1.54, 1.807) is 48.5 Å². The number of urea groups is 1. The number of hydrogen-bond donors (Lipinski definition) is 1. The summed E-state index contributed by atoms with van der Waals surface area (Å²) in [5.74, 6) is -2.56. The van der Waals surface area contributed by atoms with E-state index >= 15 is 0 Å². The highest BCUT2D eigenvalue weighted by Crippen LogP contribution is 2.23. The van der Waals surface area contributed by atoms with Crippen LogP contribution >= 0.6 is 27.5 Å². The van der Waals surface area contributed by atoms with Crippen LogP contribution in [0.3, 0.4) is 0 Å². The van der Waals surface area contributed by atoms with Crippen molar-refractivity contribution in [3.05, 3.63) is 58.0 Å². The SMILES string of the molecule is O=C1NC(=O)N(c2ccc(Br)cc2)C(=O)[C@H]1C=Nc1ccc(Cl)cc1. The van der Waals surface area contributed by atoms with Crippen molar-refractivity contribution in [1.82, 2.24) is 5.32 Å². The van der Waals surface area contributed by atoms with Crippen molar-refractivity contribution in [3.8, 4) is 0 Å². The smallest absolute Gasteiger partial charge is 0.276 e. The number of halogens is 2. The first-order valence-electron chi connectivity index (χ1n) is 7.20. The lowest BCUT2D eigenvalue weighted by atomic mass is 10.1. The van der Waals surface area contributed by atoms with Gasteiger partial charge in [-0.05, 0) is 48.5 Å². The van der Waals surface area contributed by atoms with E-state index in [1.807, 2.05) is 0 Å². The van der Waals surface area contributed by atoms with E-state index in [0.29, 0.717) is 16.4 Å². The fourth-order valence-corrected chi connectivity index (χ4v) is 2.63. The monoisotopic (exact) mass is 419 g/mol. The largest absolute Gasteiger partial charge is 0.335 e. The first-order chi connectivity index (χ1) is 12.0. The molecule has 8 heteroatoms. The highest BCUT2D eigenvalue weighted by atomic mass is 79.9. The van der Waals surface area contributed by atoms with Crippen LogP contribution in [0.5, 0.6) is 0 Å². The molecule has 0 saturated carbocycles. The van der Waals surface area contributed by atoms with Crippen molar-refractivity contribution in [3.63, 3.8) is 0 Å².